The lowest BCUT2D eigenvalue weighted by molar-refractivity contribution is 0.102. The van der Waals surface area contributed by atoms with Crippen LogP contribution in [0, 0.1) is 6.92 Å². The SMILES string of the molecule is Cc1ccc2c(c1)C(=O)Nc1ccccc1S2. The van der Waals surface area contributed by atoms with Gasteiger partial charge in [0.1, 0.15) is 0 Å². The summed E-state index contributed by atoms with van der Waals surface area (Å²) < 4.78 is 0. The number of benzene rings is 2. The van der Waals surface area contributed by atoms with Crippen LogP contribution in [0.4, 0.5) is 5.69 Å². The maximum absolute atomic E-state index is 12.1. The number of hydrogen-bond donors (Lipinski definition) is 1. The average molecular weight is 241 g/mol. The van der Waals surface area contributed by atoms with Crippen molar-refractivity contribution in [3.8, 4) is 0 Å². The van der Waals surface area contributed by atoms with Crippen molar-refractivity contribution >= 4 is 23.4 Å². The molecule has 0 saturated carbocycles. The average Bonchev–Trinajstić information content (AvgIpc) is 2.46. The first kappa shape index (κ1) is 10.4. The second-order valence-corrected chi connectivity index (χ2v) is 5.14. The van der Waals surface area contributed by atoms with E-state index in [1.165, 1.54) is 0 Å². The van der Waals surface area contributed by atoms with Gasteiger partial charge in [0.15, 0.2) is 0 Å². The number of nitrogens with one attached hydrogen (secondary N) is 1. The van der Waals surface area contributed by atoms with E-state index >= 15 is 0 Å². The molecule has 0 unspecified atom stereocenters. The number of para-hydroxylation sites is 1. The van der Waals surface area contributed by atoms with Crippen molar-refractivity contribution in [2.75, 3.05) is 5.32 Å². The van der Waals surface area contributed by atoms with E-state index in [0.29, 0.717) is 0 Å². The van der Waals surface area contributed by atoms with Gasteiger partial charge in [-0.15, -0.1) is 0 Å². The third-order valence-corrected chi connectivity index (χ3v) is 3.89. The first-order chi connectivity index (χ1) is 8.24. The van der Waals surface area contributed by atoms with Crippen molar-refractivity contribution < 1.29 is 4.79 Å². The largest absolute Gasteiger partial charge is 0.321 e. The van der Waals surface area contributed by atoms with Gasteiger partial charge in [-0.25, -0.2) is 0 Å². The highest BCUT2D eigenvalue weighted by Crippen LogP contribution is 2.38. The van der Waals surface area contributed by atoms with E-state index in [2.05, 4.69) is 5.32 Å². The molecule has 0 fully saturated rings. The Bertz CT molecular complexity index is 607. The second-order valence-electron chi connectivity index (χ2n) is 4.05. The molecule has 0 radical (unpaired) electrons. The molecule has 0 atom stereocenters. The molecule has 2 aromatic rings. The van der Waals surface area contributed by atoms with Gasteiger partial charge in [-0.2, -0.15) is 0 Å². The van der Waals surface area contributed by atoms with Gasteiger partial charge in [0.2, 0.25) is 0 Å². The van der Waals surface area contributed by atoms with E-state index in [4.69, 9.17) is 0 Å². The number of carbonyl (C=O) groups is 1. The van der Waals surface area contributed by atoms with Crippen molar-refractivity contribution in [1.82, 2.24) is 0 Å². The lowest BCUT2D eigenvalue weighted by Crippen LogP contribution is -2.11. The van der Waals surface area contributed by atoms with Crippen LogP contribution in [0.25, 0.3) is 0 Å². The number of amides is 1. The predicted molar refractivity (Wildman–Crippen MR) is 69.7 cm³/mol. The molecular weight excluding hydrogens is 230 g/mol. The Morgan fingerprint density at radius 1 is 1.06 bits per heavy atom. The zero-order chi connectivity index (χ0) is 11.8. The highest BCUT2D eigenvalue weighted by molar-refractivity contribution is 7.99. The normalized spacial score (nSPS) is 13.4. The third-order valence-electron chi connectivity index (χ3n) is 2.73. The second kappa shape index (κ2) is 3.93. The van der Waals surface area contributed by atoms with Gasteiger partial charge in [0.25, 0.3) is 5.91 Å². The van der Waals surface area contributed by atoms with E-state index < -0.39 is 0 Å². The molecule has 0 saturated heterocycles. The molecule has 0 aliphatic carbocycles. The van der Waals surface area contributed by atoms with Crippen LogP contribution < -0.4 is 5.32 Å². The smallest absolute Gasteiger partial charge is 0.256 e. The van der Waals surface area contributed by atoms with E-state index in [9.17, 15) is 4.79 Å². The Morgan fingerprint density at radius 2 is 1.88 bits per heavy atom. The first-order valence-corrected chi connectivity index (χ1v) is 6.24. The molecule has 0 bridgehead atoms. The summed E-state index contributed by atoms with van der Waals surface area (Å²) in [5.74, 6) is -0.0267. The maximum Gasteiger partial charge on any atom is 0.256 e. The Kier molecular flexibility index (Phi) is 2.41. The van der Waals surface area contributed by atoms with E-state index in [1.807, 2.05) is 49.4 Å². The summed E-state index contributed by atoms with van der Waals surface area (Å²) in [4.78, 5) is 14.2. The summed E-state index contributed by atoms with van der Waals surface area (Å²) in [6.07, 6.45) is 0. The number of fused-ring (bicyclic) bond motifs is 2. The number of aryl methyl sites for hydroxylation is 1. The Morgan fingerprint density at radius 3 is 2.76 bits per heavy atom. The topological polar surface area (TPSA) is 29.1 Å². The summed E-state index contributed by atoms with van der Waals surface area (Å²) in [5.41, 5.74) is 2.74. The molecule has 0 spiro atoms. The lowest BCUT2D eigenvalue weighted by Gasteiger charge is -2.04. The lowest BCUT2D eigenvalue weighted by atomic mass is 10.1. The Balaban J connectivity index is 2.17. The van der Waals surface area contributed by atoms with Crippen LogP contribution in [0.2, 0.25) is 0 Å². The van der Waals surface area contributed by atoms with Crippen LogP contribution in [-0.4, -0.2) is 5.91 Å². The molecule has 1 aliphatic heterocycles. The fourth-order valence-corrected chi connectivity index (χ4v) is 2.89. The highest BCUT2D eigenvalue weighted by atomic mass is 32.2. The van der Waals surface area contributed by atoms with Crippen LogP contribution >= 0.6 is 11.8 Å². The molecular formula is C14H11NOS. The van der Waals surface area contributed by atoms with Crippen LogP contribution in [0.5, 0.6) is 0 Å². The van der Waals surface area contributed by atoms with Crippen molar-refractivity contribution in [3.63, 3.8) is 0 Å². The number of hydrogen-bond acceptors (Lipinski definition) is 2. The van der Waals surface area contributed by atoms with Crippen LogP contribution in [0.1, 0.15) is 15.9 Å². The molecule has 3 rings (SSSR count). The standard InChI is InChI=1S/C14H11NOS/c1-9-6-7-12-10(8-9)14(16)15-11-4-2-3-5-13(11)17-12/h2-8H,1H3,(H,15,16). The van der Waals surface area contributed by atoms with Gasteiger partial charge in [0, 0.05) is 9.79 Å². The fourth-order valence-electron chi connectivity index (χ4n) is 1.88. The monoisotopic (exact) mass is 241 g/mol. The van der Waals surface area contributed by atoms with Crippen LogP contribution in [-0.2, 0) is 0 Å². The summed E-state index contributed by atoms with van der Waals surface area (Å²) in [7, 11) is 0. The molecule has 1 amide bonds. The summed E-state index contributed by atoms with van der Waals surface area (Å²) >= 11 is 1.63. The van der Waals surface area contributed by atoms with Crippen molar-refractivity contribution in [2.45, 2.75) is 16.7 Å². The molecule has 0 aromatic heterocycles. The van der Waals surface area contributed by atoms with Gasteiger partial charge >= 0.3 is 0 Å². The van der Waals surface area contributed by atoms with Crippen LogP contribution in [0.15, 0.2) is 52.3 Å². The van der Waals surface area contributed by atoms with Crippen molar-refractivity contribution in [3.05, 3.63) is 53.6 Å². The minimum atomic E-state index is -0.0267. The zero-order valence-corrected chi connectivity index (χ0v) is 10.2. The number of anilines is 1. The molecule has 84 valence electrons. The molecule has 1 N–H and O–H groups in total. The first-order valence-electron chi connectivity index (χ1n) is 5.43. The minimum absolute atomic E-state index is 0.0267. The van der Waals surface area contributed by atoms with E-state index in [0.717, 1.165) is 26.6 Å². The van der Waals surface area contributed by atoms with Gasteiger partial charge in [-0.05, 0) is 31.2 Å². The van der Waals surface area contributed by atoms with E-state index in [1.54, 1.807) is 11.8 Å². The molecule has 2 nitrogen and oxygen atoms in total. The van der Waals surface area contributed by atoms with Gasteiger partial charge < -0.3 is 5.32 Å². The fraction of sp³-hybridized carbons (Fsp3) is 0.0714. The minimum Gasteiger partial charge on any atom is -0.321 e. The predicted octanol–water partition coefficient (Wildman–Crippen LogP) is 3.71. The number of carbonyl (C=O) groups excluding carboxylic acids is 1. The van der Waals surface area contributed by atoms with Gasteiger partial charge in [-0.1, -0.05) is 35.5 Å². The number of rotatable bonds is 0. The van der Waals surface area contributed by atoms with Gasteiger partial charge in [-0.3, -0.25) is 4.79 Å². The van der Waals surface area contributed by atoms with Crippen molar-refractivity contribution in [1.29, 1.82) is 0 Å². The van der Waals surface area contributed by atoms with E-state index in [-0.39, 0.29) is 5.91 Å². The Hall–Kier alpha value is -1.74. The molecule has 3 heteroatoms. The maximum atomic E-state index is 12.1. The van der Waals surface area contributed by atoms with Crippen molar-refractivity contribution in [2.24, 2.45) is 0 Å². The zero-order valence-electron chi connectivity index (χ0n) is 9.36. The summed E-state index contributed by atoms with van der Waals surface area (Å²) in [6.45, 7) is 2.00. The summed E-state index contributed by atoms with van der Waals surface area (Å²) in [5, 5.41) is 2.95. The molecule has 1 heterocycles. The third kappa shape index (κ3) is 1.83. The highest BCUT2D eigenvalue weighted by Gasteiger charge is 2.19. The molecule has 1 aliphatic rings. The summed E-state index contributed by atoms with van der Waals surface area (Å²) in [6, 6.07) is 13.8. The quantitative estimate of drug-likeness (QED) is 0.761. The Labute approximate surface area is 104 Å². The van der Waals surface area contributed by atoms with Crippen LogP contribution in [0.3, 0.4) is 0 Å². The molecule has 17 heavy (non-hydrogen) atoms. The van der Waals surface area contributed by atoms with Gasteiger partial charge in [0.05, 0.1) is 11.3 Å². The molecule has 2 aromatic carbocycles.